The number of carbonyl (C=O) groups excluding carboxylic acids is 1. The van der Waals surface area contributed by atoms with Crippen molar-refractivity contribution in [2.45, 2.75) is 13.0 Å². The van der Waals surface area contributed by atoms with Gasteiger partial charge < -0.3 is 5.32 Å². The lowest BCUT2D eigenvalue weighted by Crippen LogP contribution is -2.26. The Morgan fingerprint density at radius 3 is 2.72 bits per heavy atom. The molecule has 1 N–H and O–H groups in total. The summed E-state index contributed by atoms with van der Waals surface area (Å²) in [6.07, 6.45) is 0.200. The molecule has 0 unspecified atom stereocenters. The van der Waals surface area contributed by atoms with Crippen LogP contribution in [0.3, 0.4) is 0 Å². The van der Waals surface area contributed by atoms with Gasteiger partial charge in [-0.25, -0.2) is 9.07 Å². The Hall–Kier alpha value is -2.31. The molecular formula is C11H12FN5O. The van der Waals surface area contributed by atoms with Crippen LogP contribution in [0.5, 0.6) is 0 Å². The molecule has 0 aliphatic carbocycles. The van der Waals surface area contributed by atoms with Gasteiger partial charge in [-0.05, 0) is 28.1 Å². The summed E-state index contributed by atoms with van der Waals surface area (Å²) in [6.45, 7) is 0.267. The van der Waals surface area contributed by atoms with Crippen molar-refractivity contribution >= 4 is 5.91 Å². The van der Waals surface area contributed by atoms with Crippen molar-refractivity contribution in [3.8, 4) is 0 Å². The van der Waals surface area contributed by atoms with Gasteiger partial charge in [0.1, 0.15) is 5.82 Å². The molecule has 0 bridgehead atoms. The van der Waals surface area contributed by atoms with Gasteiger partial charge in [0.05, 0.1) is 13.0 Å². The number of benzene rings is 1. The normalized spacial score (nSPS) is 10.3. The Balaban J connectivity index is 1.86. The summed E-state index contributed by atoms with van der Waals surface area (Å²) in [5.41, 5.74) is 0.755. The van der Waals surface area contributed by atoms with E-state index in [-0.39, 0.29) is 24.7 Å². The van der Waals surface area contributed by atoms with Crippen LogP contribution in [0.1, 0.15) is 11.4 Å². The van der Waals surface area contributed by atoms with Gasteiger partial charge in [0.2, 0.25) is 5.91 Å². The fourth-order valence-electron chi connectivity index (χ4n) is 1.43. The van der Waals surface area contributed by atoms with Crippen molar-refractivity contribution in [2.75, 3.05) is 0 Å². The summed E-state index contributed by atoms with van der Waals surface area (Å²) < 4.78 is 14.2. The molecule has 0 aliphatic rings. The molecule has 0 fully saturated rings. The lowest BCUT2D eigenvalue weighted by atomic mass is 10.1. The van der Waals surface area contributed by atoms with Gasteiger partial charge in [-0.3, -0.25) is 4.79 Å². The Kier molecular flexibility index (Phi) is 3.61. The molecule has 0 saturated heterocycles. The number of aryl methyl sites for hydroxylation is 1. The lowest BCUT2D eigenvalue weighted by molar-refractivity contribution is -0.120. The number of rotatable bonds is 4. The maximum atomic E-state index is 12.7. The topological polar surface area (TPSA) is 72.7 Å². The Bertz CT molecular complexity index is 537. The number of hydrogen-bond acceptors (Lipinski definition) is 4. The van der Waals surface area contributed by atoms with Crippen molar-refractivity contribution in [3.05, 3.63) is 41.5 Å². The molecule has 1 aromatic heterocycles. The third kappa shape index (κ3) is 3.09. The molecule has 0 spiro atoms. The molecule has 1 aromatic carbocycles. The van der Waals surface area contributed by atoms with E-state index in [0.29, 0.717) is 5.82 Å². The van der Waals surface area contributed by atoms with E-state index in [2.05, 4.69) is 20.8 Å². The third-order valence-electron chi connectivity index (χ3n) is 2.43. The van der Waals surface area contributed by atoms with Crippen molar-refractivity contribution in [2.24, 2.45) is 7.05 Å². The van der Waals surface area contributed by atoms with Gasteiger partial charge in [-0.15, -0.1) is 5.10 Å². The van der Waals surface area contributed by atoms with E-state index >= 15 is 0 Å². The SMILES string of the molecule is Cn1nnnc1CNC(=O)Cc1ccc(F)cc1. The molecular weight excluding hydrogens is 237 g/mol. The number of hydrogen-bond donors (Lipinski definition) is 1. The van der Waals surface area contributed by atoms with Crippen LogP contribution in [0.15, 0.2) is 24.3 Å². The second-order valence-electron chi connectivity index (χ2n) is 3.80. The first-order valence-corrected chi connectivity index (χ1v) is 5.37. The summed E-state index contributed by atoms with van der Waals surface area (Å²) >= 11 is 0. The summed E-state index contributed by atoms with van der Waals surface area (Å²) in [5.74, 6) is 0.0939. The first kappa shape index (κ1) is 12.2. The molecule has 0 aliphatic heterocycles. The molecule has 0 saturated carbocycles. The fourth-order valence-corrected chi connectivity index (χ4v) is 1.43. The van der Waals surface area contributed by atoms with E-state index in [4.69, 9.17) is 0 Å². The van der Waals surface area contributed by atoms with E-state index in [0.717, 1.165) is 5.56 Å². The molecule has 1 amide bonds. The number of amides is 1. The van der Waals surface area contributed by atoms with Gasteiger partial charge in [0, 0.05) is 7.05 Å². The highest BCUT2D eigenvalue weighted by Gasteiger charge is 2.06. The van der Waals surface area contributed by atoms with Crippen LogP contribution in [0.25, 0.3) is 0 Å². The van der Waals surface area contributed by atoms with Crippen LogP contribution >= 0.6 is 0 Å². The minimum Gasteiger partial charge on any atom is -0.348 e. The molecule has 94 valence electrons. The van der Waals surface area contributed by atoms with Gasteiger partial charge in [-0.1, -0.05) is 12.1 Å². The largest absolute Gasteiger partial charge is 0.348 e. The smallest absolute Gasteiger partial charge is 0.224 e. The van der Waals surface area contributed by atoms with Crippen molar-refractivity contribution < 1.29 is 9.18 Å². The number of aromatic nitrogens is 4. The average Bonchev–Trinajstić information content (AvgIpc) is 2.75. The zero-order valence-electron chi connectivity index (χ0n) is 9.80. The molecule has 0 atom stereocenters. The van der Waals surface area contributed by atoms with Crippen LogP contribution in [0.4, 0.5) is 4.39 Å². The highest BCUT2D eigenvalue weighted by molar-refractivity contribution is 5.78. The summed E-state index contributed by atoms with van der Waals surface area (Å²) in [4.78, 5) is 11.6. The molecule has 7 heteroatoms. The number of carbonyl (C=O) groups is 1. The Labute approximate surface area is 103 Å². The predicted molar refractivity (Wildman–Crippen MR) is 60.7 cm³/mol. The number of nitrogens with zero attached hydrogens (tertiary/aromatic N) is 4. The standard InChI is InChI=1S/C11H12FN5O/c1-17-10(14-15-16-17)7-13-11(18)6-8-2-4-9(12)5-3-8/h2-5H,6-7H2,1H3,(H,13,18). The highest BCUT2D eigenvalue weighted by atomic mass is 19.1. The van der Waals surface area contributed by atoms with Crippen LogP contribution in [-0.4, -0.2) is 26.1 Å². The summed E-state index contributed by atoms with van der Waals surface area (Å²) in [6, 6.07) is 5.82. The van der Waals surface area contributed by atoms with Gasteiger partial charge >= 0.3 is 0 Å². The minimum atomic E-state index is -0.315. The van der Waals surface area contributed by atoms with Crippen molar-refractivity contribution in [1.29, 1.82) is 0 Å². The minimum absolute atomic E-state index is 0.162. The molecule has 18 heavy (non-hydrogen) atoms. The fraction of sp³-hybridized carbons (Fsp3) is 0.273. The van der Waals surface area contributed by atoms with Crippen LogP contribution in [-0.2, 0) is 24.8 Å². The van der Waals surface area contributed by atoms with E-state index in [1.54, 1.807) is 19.2 Å². The summed E-state index contributed by atoms with van der Waals surface area (Å²) in [7, 11) is 1.70. The third-order valence-corrected chi connectivity index (χ3v) is 2.43. The van der Waals surface area contributed by atoms with Gasteiger partial charge in [0.25, 0.3) is 0 Å². The van der Waals surface area contributed by atoms with Gasteiger partial charge in [-0.2, -0.15) is 0 Å². The first-order valence-electron chi connectivity index (χ1n) is 5.37. The zero-order chi connectivity index (χ0) is 13.0. The van der Waals surface area contributed by atoms with E-state index in [1.807, 2.05) is 0 Å². The average molecular weight is 249 g/mol. The van der Waals surface area contributed by atoms with E-state index < -0.39 is 0 Å². The first-order chi connectivity index (χ1) is 8.65. The number of nitrogens with one attached hydrogen (secondary N) is 1. The van der Waals surface area contributed by atoms with Crippen LogP contribution in [0.2, 0.25) is 0 Å². The molecule has 2 aromatic rings. The van der Waals surface area contributed by atoms with Gasteiger partial charge in [0.15, 0.2) is 5.82 Å². The second-order valence-corrected chi connectivity index (χ2v) is 3.80. The molecule has 6 nitrogen and oxygen atoms in total. The molecule has 2 rings (SSSR count). The van der Waals surface area contributed by atoms with Crippen LogP contribution < -0.4 is 5.32 Å². The Morgan fingerprint density at radius 1 is 1.39 bits per heavy atom. The van der Waals surface area contributed by atoms with Crippen LogP contribution in [0, 0.1) is 5.82 Å². The summed E-state index contributed by atoms with van der Waals surface area (Å²) in [5, 5.41) is 13.6. The van der Waals surface area contributed by atoms with Crippen molar-refractivity contribution in [3.63, 3.8) is 0 Å². The maximum Gasteiger partial charge on any atom is 0.224 e. The molecule has 1 heterocycles. The highest BCUT2D eigenvalue weighted by Crippen LogP contribution is 2.03. The molecule has 0 radical (unpaired) electrons. The van der Waals surface area contributed by atoms with E-state index in [9.17, 15) is 9.18 Å². The predicted octanol–water partition coefficient (Wildman–Crippen LogP) is 0.208. The lowest BCUT2D eigenvalue weighted by Gasteiger charge is -2.04. The number of tetrazole rings is 1. The monoisotopic (exact) mass is 249 g/mol. The van der Waals surface area contributed by atoms with E-state index in [1.165, 1.54) is 16.8 Å². The maximum absolute atomic E-state index is 12.7. The number of halogens is 1. The van der Waals surface area contributed by atoms with Crippen molar-refractivity contribution in [1.82, 2.24) is 25.5 Å². The quantitative estimate of drug-likeness (QED) is 0.840. The second kappa shape index (κ2) is 5.35. The Morgan fingerprint density at radius 2 is 2.11 bits per heavy atom. The zero-order valence-corrected chi connectivity index (χ0v) is 9.80.